The SMILES string of the molecule is Cc1ccc(C(O)Cc2ccsc2)o1. The van der Waals surface area contributed by atoms with Gasteiger partial charge < -0.3 is 9.52 Å². The molecule has 0 aliphatic rings. The largest absolute Gasteiger partial charge is 0.464 e. The van der Waals surface area contributed by atoms with E-state index in [4.69, 9.17) is 4.42 Å². The summed E-state index contributed by atoms with van der Waals surface area (Å²) < 4.78 is 5.35. The topological polar surface area (TPSA) is 33.4 Å². The molecule has 0 amide bonds. The number of aliphatic hydroxyl groups excluding tert-OH is 1. The van der Waals surface area contributed by atoms with Gasteiger partial charge in [-0.05, 0) is 41.4 Å². The van der Waals surface area contributed by atoms with Crippen molar-refractivity contribution in [3.8, 4) is 0 Å². The molecule has 2 rings (SSSR count). The molecule has 0 saturated carbocycles. The smallest absolute Gasteiger partial charge is 0.132 e. The van der Waals surface area contributed by atoms with E-state index in [-0.39, 0.29) is 0 Å². The van der Waals surface area contributed by atoms with E-state index in [0.29, 0.717) is 12.2 Å². The van der Waals surface area contributed by atoms with Crippen LogP contribution in [0.2, 0.25) is 0 Å². The highest BCUT2D eigenvalue weighted by Crippen LogP contribution is 2.21. The Balaban J connectivity index is 2.06. The van der Waals surface area contributed by atoms with Crippen LogP contribution in [0, 0.1) is 6.92 Å². The van der Waals surface area contributed by atoms with Crippen LogP contribution in [0.4, 0.5) is 0 Å². The first-order chi connectivity index (χ1) is 6.75. The summed E-state index contributed by atoms with van der Waals surface area (Å²) in [4.78, 5) is 0. The molecule has 2 aromatic heterocycles. The highest BCUT2D eigenvalue weighted by Gasteiger charge is 2.12. The van der Waals surface area contributed by atoms with E-state index in [1.54, 1.807) is 11.3 Å². The summed E-state index contributed by atoms with van der Waals surface area (Å²) in [6.45, 7) is 1.88. The highest BCUT2D eigenvalue weighted by molar-refractivity contribution is 7.07. The van der Waals surface area contributed by atoms with Gasteiger partial charge >= 0.3 is 0 Å². The maximum Gasteiger partial charge on any atom is 0.132 e. The fourth-order valence-electron chi connectivity index (χ4n) is 1.37. The van der Waals surface area contributed by atoms with Crippen LogP contribution in [-0.2, 0) is 6.42 Å². The normalized spacial score (nSPS) is 13.0. The van der Waals surface area contributed by atoms with Crippen molar-refractivity contribution in [3.63, 3.8) is 0 Å². The second-order valence-electron chi connectivity index (χ2n) is 3.30. The molecule has 0 spiro atoms. The van der Waals surface area contributed by atoms with Crippen molar-refractivity contribution < 1.29 is 9.52 Å². The average molecular weight is 208 g/mol. The molecule has 1 atom stereocenters. The van der Waals surface area contributed by atoms with Crippen LogP contribution in [0.1, 0.15) is 23.2 Å². The lowest BCUT2D eigenvalue weighted by Gasteiger charge is -2.05. The molecule has 0 fully saturated rings. The molecule has 2 heterocycles. The Morgan fingerprint density at radius 1 is 1.43 bits per heavy atom. The van der Waals surface area contributed by atoms with Crippen molar-refractivity contribution in [3.05, 3.63) is 46.0 Å². The van der Waals surface area contributed by atoms with E-state index in [9.17, 15) is 5.11 Å². The summed E-state index contributed by atoms with van der Waals surface area (Å²) in [7, 11) is 0. The fourth-order valence-corrected chi connectivity index (χ4v) is 2.05. The van der Waals surface area contributed by atoms with Crippen LogP contribution >= 0.6 is 11.3 Å². The van der Waals surface area contributed by atoms with Crippen molar-refractivity contribution in [2.45, 2.75) is 19.4 Å². The molecule has 0 saturated heterocycles. The Kier molecular flexibility index (Phi) is 2.70. The lowest BCUT2D eigenvalue weighted by molar-refractivity contribution is 0.149. The summed E-state index contributed by atoms with van der Waals surface area (Å²) in [5.74, 6) is 1.48. The predicted octanol–water partition coefficient (Wildman–Crippen LogP) is 2.93. The molecular formula is C11H12O2S. The first kappa shape index (κ1) is 9.49. The van der Waals surface area contributed by atoms with Crippen LogP contribution in [0.15, 0.2) is 33.4 Å². The van der Waals surface area contributed by atoms with Crippen molar-refractivity contribution >= 4 is 11.3 Å². The van der Waals surface area contributed by atoms with Gasteiger partial charge in [0.15, 0.2) is 0 Å². The molecule has 0 aliphatic heterocycles. The first-order valence-corrected chi connectivity index (χ1v) is 5.45. The Morgan fingerprint density at radius 3 is 2.86 bits per heavy atom. The summed E-state index contributed by atoms with van der Waals surface area (Å²) in [6, 6.07) is 5.71. The third-order valence-electron chi connectivity index (χ3n) is 2.10. The van der Waals surface area contributed by atoms with Gasteiger partial charge in [0.25, 0.3) is 0 Å². The summed E-state index contributed by atoms with van der Waals surface area (Å²) >= 11 is 1.64. The molecule has 2 nitrogen and oxygen atoms in total. The third-order valence-corrected chi connectivity index (χ3v) is 2.83. The van der Waals surface area contributed by atoms with Crippen molar-refractivity contribution in [2.24, 2.45) is 0 Å². The maximum absolute atomic E-state index is 9.82. The van der Waals surface area contributed by atoms with Gasteiger partial charge in [-0.1, -0.05) is 0 Å². The molecule has 3 heteroatoms. The van der Waals surface area contributed by atoms with Crippen LogP contribution < -0.4 is 0 Å². The molecular weight excluding hydrogens is 196 g/mol. The summed E-state index contributed by atoms with van der Waals surface area (Å²) in [5, 5.41) is 13.9. The standard InChI is InChI=1S/C11H12O2S/c1-8-2-3-11(13-8)10(12)6-9-4-5-14-7-9/h2-5,7,10,12H,6H2,1H3. The van der Waals surface area contributed by atoms with Gasteiger partial charge in [0, 0.05) is 6.42 Å². The number of furan rings is 1. The van der Waals surface area contributed by atoms with E-state index in [1.807, 2.05) is 35.9 Å². The van der Waals surface area contributed by atoms with E-state index >= 15 is 0 Å². The number of hydrogen-bond acceptors (Lipinski definition) is 3. The van der Waals surface area contributed by atoms with Crippen LogP contribution in [-0.4, -0.2) is 5.11 Å². The summed E-state index contributed by atoms with van der Waals surface area (Å²) in [5.41, 5.74) is 1.15. The number of hydrogen-bond donors (Lipinski definition) is 1. The molecule has 0 aliphatic carbocycles. The minimum Gasteiger partial charge on any atom is -0.464 e. The second-order valence-corrected chi connectivity index (χ2v) is 4.08. The molecule has 1 N–H and O–H groups in total. The van der Waals surface area contributed by atoms with Crippen LogP contribution in [0.5, 0.6) is 0 Å². The zero-order chi connectivity index (χ0) is 9.97. The second kappa shape index (κ2) is 3.98. The molecule has 2 aromatic rings. The lowest BCUT2D eigenvalue weighted by atomic mass is 10.1. The Hall–Kier alpha value is -1.06. The zero-order valence-corrected chi connectivity index (χ0v) is 8.75. The molecule has 14 heavy (non-hydrogen) atoms. The Morgan fingerprint density at radius 2 is 2.29 bits per heavy atom. The van der Waals surface area contributed by atoms with Gasteiger partial charge in [-0.2, -0.15) is 11.3 Å². The Labute approximate surface area is 86.8 Å². The van der Waals surface area contributed by atoms with Crippen molar-refractivity contribution in [1.29, 1.82) is 0 Å². The minimum absolute atomic E-state index is 0.529. The van der Waals surface area contributed by atoms with Crippen molar-refractivity contribution in [2.75, 3.05) is 0 Å². The predicted molar refractivity (Wildman–Crippen MR) is 56.4 cm³/mol. The van der Waals surface area contributed by atoms with E-state index in [0.717, 1.165) is 11.3 Å². The lowest BCUT2D eigenvalue weighted by Crippen LogP contribution is -1.98. The number of rotatable bonds is 3. The Bertz CT molecular complexity index is 389. The fraction of sp³-hybridized carbons (Fsp3) is 0.273. The van der Waals surface area contributed by atoms with Gasteiger partial charge in [0.1, 0.15) is 17.6 Å². The van der Waals surface area contributed by atoms with Gasteiger partial charge in [0.05, 0.1) is 0 Å². The molecule has 0 bridgehead atoms. The maximum atomic E-state index is 9.82. The number of aliphatic hydroxyl groups is 1. The molecule has 0 radical (unpaired) electrons. The van der Waals surface area contributed by atoms with E-state index < -0.39 is 6.10 Å². The van der Waals surface area contributed by atoms with Gasteiger partial charge in [-0.3, -0.25) is 0 Å². The van der Waals surface area contributed by atoms with Crippen LogP contribution in [0.3, 0.4) is 0 Å². The number of aryl methyl sites for hydroxylation is 1. The molecule has 1 unspecified atom stereocenters. The number of thiophene rings is 1. The zero-order valence-electron chi connectivity index (χ0n) is 7.93. The van der Waals surface area contributed by atoms with Gasteiger partial charge in [-0.15, -0.1) is 0 Å². The monoisotopic (exact) mass is 208 g/mol. The summed E-state index contributed by atoms with van der Waals surface area (Å²) in [6.07, 6.45) is 0.0921. The third kappa shape index (κ3) is 2.05. The molecule has 0 aromatic carbocycles. The van der Waals surface area contributed by atoms with Gasteiger partial charge in [-0.25, -0.2) is 0 Å². The first-order valence-electron chi connectivity index (χ1n) is 4.51. The highest BCUT2D eigenvalue weighted by atomic mass is 32.1. The van der Waals surface area contributed by atoms with Crippen LogP contribution in [0.25, 0.3) is 0 Å². The molecule has 74 valence electrons. The quantitative estimate of drug-likeness (QED) is 0.841. The van der Waals surface area contributed by atoms with Gasteiger partial charge in [0.2, 0.25) is 0 Å². The van der Waals surface area contributed by atoms with Crippen molar-refractivity contribution in [1.82, 2.24) is 0 Å². The van der Waals surface area contributed by atoms with E-state index in [1.165, 1.54) is 0 Å². The van der Waals surface area contributed by atoms with E-state index in [2.05, 4.69) is 0 Å². The minimum atomic E-state index is -0.529. The average Bonchev–Trinajstić information content (AvgIpc) is 2.75.